The summed E-state index contributed by atoms with van der Waals surface area (Å²) in [7, 11) is 0. The number of pyridine rings is 1. The number of urea groups is 1. The van der Waals surface area contributed by atoms with Crippen LogP contribution in [-0.2, 0) is 13.1 Å². The molecule has 0 aliphatic heterocycles. The zero-order valence-electron chi connectivity index (χ0n) is 13.4. The summed E-state index contributed by atoms with van der Waals surface area (Å²) in [4.78, 5) is 30.4. The number of amides is 2. The van der Waals surface area contributed by atoms with Crippen molar-refractivity contribution in [3.8, 4) is 0 Å². The highest BCUT2D eigenvalue weighted by atomic mass is 32.1. The minimum absolute atomic E-state index is 0.0970. The summed E-state index contributed by atoms with van der Waals surface area (Å²) < 4.78 is 0. The predicted octanol–water partition coefficient (Wildman–Crippen LogP) is 2.93. The van der Waals surface area contributed by atoms with Gasteiger partial charge in [-0.3, -0.25) is 4.79 Å². The van der Waals surface area contributed by atoms with Crippen molar-refractivity contribution in [2.75, 3.05) is 0 Å². The molecule has 1 aliphatic rings. The number of H-pyrrole nitrogens is 1. The molecule has 0 bridgehead atoms. The highest BCUT2D eigenvalue weighted by Crippen LogP contribution is 2.29. The van der Waals surface area contributed by atoms with E-state index in [2.05, 4.69) is 10.3 Å². The lowest BCUT2D eigenvalue weighted by molar-refractivity contribution is 0.192. The molecule has 0 atom stereocenters. The summed E-state index contributed by atoms with van der Waals surface area (Å²) in [5.74, 6) is 0. The number of thiophene rings is 1. The third kappa shape index (κ3) is 3.82. The molecule has 2 N–H and O–H groups in total. The van der Waals surface area contributed by atoms with E-state index in [4.69, 9.17) is 0 Å². The molecule has 0 saturated heterocycles. The number of carbonyl (C=O) groups excluding carboxylic acids is 1. The minimum atomic E-state index is -0.126. The molecule has 2 heterocycles. The van der Waals surface area contributed by atoms with Crippen molar-refractivity contribution in [2.45, 2.75) is 45.8 Å². The smallest absolute Gasteiger partial charge is 0.318 e. The van der Waals surface area contributed by atoms with Crippen LogP contribution in [0.15, 0.2) is 28.4 Å². The molecular weight excluding hydrogens is 310 g/mol. The van der Waals surface area contributed by atoms with Gasteiger partial charge >= 0.3 is 6.03 Å². The first-order valence-corrected chi connectivity index (χ1v) is 8.69. The number of carbonyl (C=O) groups is 1. The van der Waals surface area contributed by atoms with Gasteiger partial charge in [0.2, 0.25) is 0 Å². The Morgan fingerprint density at radius 1 is 1.43 bits per heavy atom. The Balaban J connectivity index is 1.67. The third-order valence-corrected chi connectivity index (χ3v) is 4.93. The molecule has 2 aromatic heterocycles. The first-order valence-electron chi connectivity index (χ1n) is 7.81. The van der Waals surface area contributed by atoms with Crippen molar-refractivity contribution in [2.24, 2.45) is 0 Å². The number of nitrogens with zero attached hydrogens (tertiary/aromatic N) is 1. The van der Waals surface area contributed by atoms with Crippen LogP contribution in [0.25, 0.3) is 0 Å². The van der Waals surface area contributed by atoms with Crippen molar-refractivity contribution in [3.63, 3.8) is 0 Å². The number of hydrogen-bond acceptors (Lipinski definition) is 3. The normalized spacial score (nSPS) is 13.8. The third-order valence-electron chi connectivity index (χ3n) is 4.06. The Labute approximate surface area is 139 Å². The minimum Gasteiger partial charge on any atom is -0.334 e. The molecule has 3 rings (SSSR count). The number of nitrogens with one attached hydrogen (secondary N) is 2. The Kier molecular flexibility index (Phi) is 4.52. The molecular formula is C17H21N3O2S. The Hall–Kier alpha value is -2.08. The van der Waals surface area contributed by atoms with Gasteiger partial charge in [0.15, 0.2) is 0 Å². The zero-order valence-corrected chi connectivity index (χ0v) is 14.2. The van der Waals surface area contributed by atoms with Gasteiger partial charge in [-0.1, -0.05) is 6.07 Å². The standard InChI is InChI=1S/C17H21N3O2S/c1-11-8-12(2)19-16(21)15(11)9-18-17(22)20(13-5-6-13)10-14-4-3-7-23-14/h3-4,7-8,13H,5-6,9-10H2,1-2H3,(H,18,22)(H,19,21). The summed E-state index contributed by atoms with van der Waals surface area (Å²) in [5, 5.41) is 4.93. The van der Waals surface area contributed by atoms with Gasteiger partial charge in [0.25, 0.3) is 5.56 Å². The van der Waals surface area contributed by atoms with E-state index in [0.717, 1.165) is 24.1 Å². The topological polar surface area (TPSA) is 65.2 Å². The maximum absolute atomic E-state index is 12.5. The second kappa shape index (κ2) is 6.58. The molecule has 0 radical (unpaired) electrons. The maximum atomic E-state index is 12.5. The highest BCUT2D eigenvalue weighted by Gasteiger charge is 2.32. The van der Waals surface area contributed by atoms with E-state index in [9.17, 15) is 9.59 Å². The van der Waals surface area contributed by atoms with Crippen LogP contribution in [0.4, 0.5) is 4.79 Å². The first kappa shape index (κ1) is 15.8. The largest absolute Gasteiger partial charge is 0.334 e. The van der Waals surface area contributed by atoms with Crippen molar-refractivity contribution >= 4 is 17.4 Å². The van der Waals surface area contributed by atoms with E-state index in [-0.39, 0.29) is 18.1 Å². The SMILES string of the molecule is Cc1cc(C)c(CNC(=O)N(Cc2cccs2)C2CC2)c(=O)[nH]1. The second-order valence-corrected chi connectivity index (χ2v) is 7.07. The number of hydrogen-bond donors (Lipinski definition) is 2. The molecule has 1 saturated carbocycles. The summed E-state index contributed by atoms with van der Waals surface area (Å²) >= 11 is 1.66. The maximum Gasteiger partial charge on any atom is 0.318 e. The van der Waals surface area contributed by atoms with Crippen molar-refractivity contribution in [1.82, 2.24) is 15.2 Å². The summed E-state index contributed by atoms with van der Waals surface area (Å²) in [6.07, 6.45) is 2.12. The Morgan fingerprint density at radius 2 is 2.22 bits per heavy atom. The van der Waals surface area contributed by atoms with Gasteiger partial charge in [-0.15, -0.1) is 11.3 Å². The van der Waals surface area contributed by atoms with Crippen LogP contribution in [0.5, 0.6) is 0 Å². The van der Waals surface area contributed by atoms with Crippen LogP contribution in [-0.4, -0.2) is 22.0 Å². The summed E-state index contributed by atoms with van der Waals surface area (Å²) in [6, 6.07) is 6.20. The van der Waals surface area contributed by atoms with Crippen LogP contribution in [0, 0.1) is 13.8 Å². The van der Waals surface area contributed by atoms with E-state index in [1.54, 1.807) is 11.3 Å². The monoisotopic (exact) mass is 331 g/mol. The lowest BCUT2D eigenvalue weighted by Gasteiger charge is -2.22. The van der Waals surface area contributed by atoms with Gasteiger partial charge in [-0.2, -0.15) is 0 Å². The van der Waals surface area contributed by atoms with Gasteiger partial charge in [0, 0.05) is 22.2 Å². The Morgan fingerprint density at radius 3 is 2.83 bits per heavy atom. The first-order chi connectivity index (χ1) is 11.0. The molecule has 2 aromatic rings. The number of rotatable bonds is 5. The van der Waals surface area contributed by atoms with Crippen molar-refractivity contribution in [3.05, 3.63) is 55.6 Å². The zero-order chi connectivity index (χ0) is 16.4. The fourth-order valence-corrected chi connectivity index (χ4v) is 3.39. The van der Waals surface area contributed by atoms with Crippen LogP contribution < -0.4 is 10.9 Å². The number of aryl methyl sites for hydroxylation is 2. The van der Waals surface area contributed by atoms with Crippen LogP contribution >= 0.6 is 11.3 Å². The van der Waals surface area contributed by atoms with Gasteiger partial charge in [0.1, 0.15) is 0 Å². The summed E-state index contributed by atoms with van der Waals surface area (Å²) in [6.45, 7) is 4.64. The van der Waals surface area contributed by atoms with E-state index in [0.29, 0.717) is 18.2 Å². The van der Waals surface area contributed by atoms with Gasteiger partial charge in [-0.05, 0) is 49.8 Å². The lowest BCUT2D eigenvalue weighted by atomic mass is 10.1. The molecule has 122 valence electrons. The number of aromatic amines is 1. The van der Waals surface area contributed by atoms with E-state index >= 15 is 0 Å². The van der Waals surface area contributed by atoms with Crippen LogP contribution in [0.2, 0.25) is 0 Å². The average molecular weight is 331 g/mol. The van der Waals surface area contributed by atoms with E-state index < -0.39 is 0 Å². The molecule has 0 aromatic carbocycles. The number of aromatic nitrogens is 1. The lowest BCUT2D eigenvalue weighted by Crippen LogP contribution is -2.41. The van der Waals surface area contributed by atoms with E-state index in [1.165, 1.54) is 4.88 Å². The van der Waals surface area contributed by atoms with E-state index in [1.807, 2.05) is 42.3 Å². The average Bonchev–Trinajstić information content (AvgIpc) is 3.19. The molecule has 1 fully saturated rings. The fourth-order valence-electron chi connectivity index (χ4n) is 2.69. The van der Waals surface area contributed by atoms with Gasteiger partial charge in [0.05, 0.1) is 13.1 Å². The molecule has 0 spiro atoms. The predicted molar refractivity (Wildman–Crippen MR) is 91.7 cm³/mol. The fraction of sp³-hybridized carbons (Fsp3) is 0.412. The van der Waals surface area contributed by atoms with Gasteiger partial charge in [-0.25, -0.2) is 4.79 Å². The molecule has 5 nitrogen and oxygen atoms in total. The molecule has 0 unspecified atom stereocenters. The quantitative estimate of drug-likeness (QED) is 0.885. The second-order valence-electron chi connectivity index (χ2n) is 6.04. The Bertz CT molecular complexity index is 748. The molecule has 6 heteroatoms. The van der Waals surface area contributed by atoms with Crippen molar-refractivity contribution < 1.29 is 4.79 Å². The van der Waals surface area contributed by atoms with Crippen LogP contribution in [0.3, 0.4) is 0 Å². The molecule has 23 heavy (non-hydrogen) atoms. The van der Waals surface area contributed by atoms with Gasteiger partial charge < -0.3 is 15.2 Å². The van der Waals surface area contributed by atoms with Crippen molar-refractivity contribution in [1.29, 1.82) is 0 Å². The summed E-state index contributed by atoms with van der Waals surface area (Å²) in [5.41, 5.74) is 2.23. The molecule has 2 amide bonds. The highest BCUT2D eigenvalue weighted by molar-refractivity contribution is 7.09. The van der Waals surface area contributed by atoms with Crippen LogP contribution in [0.1, 0.15) is 34.5 Å². The molecule has 1 aliphatic carbocycles.